The molecule has 1 fully saturated rings. The van der Waals surface area contributed by atoms with Crippen LogP contribution in [0.5, 0.6) is 0 Å². The van der Waals surface area contributed by atoms with Gasteiger partial charge in [-0.25, -0.2) is 0 Å². The van der Waals surface area contributed by atoms with Gasteiger partial charge in [0.15, 0.2) is 0 Å². The molecule has 0 aromatic heterocycles. The maximum Gasteiger partial charge on any atom is 0.137 e. The maximum absolute atomic E-state index is 6.11. The molecule has 2 aromatic rings. The molecular formula is C18H18NO. The van der Waals surface area contributed by atoms with Crippen LogP contribution in [-0.4, -0.2) is 17.5 Å². The Morgan fingerprint density at radius 3 is 2.60 bits per heavy atom. The summed E-state index contributed by atoms with van der Waals surface area (Å²) in [6.45, 7) is 5.11. The quantitative estimate of drug-likeness (QED) is 0.781. The van der Waals surface area contributed by atoms with Gasteiger partial charge in [-0.1, -0.05) is 54.6 Å². The molecule has 4 rings (SSSR count). The molecule has 1 unspecified atom stereocenters. The lowest BCUT2D eigenvalue weighted by Crippen LogP contribution is -2.40. The fourth-order valence-corrected chi connectivity index (χ4v) is 3.48. The van der Waals surface area contributed by atoms with E-state index in [1.54, 1.807) is 0 Å². The summed E-state index contributed by atoms with van der Waals surface area (Å²) in [6, 6.07) is 19.8. The highest BCUT2D eigenvalue weighted by molar-refractivity contribution is 5.34. The van der Waals surface area contributed by atoms with Gasteiger partial charge in [-0.15, -0.1) is 0 Å². The van der Waals surface area contributed by atoms with Gasteiger partial charge in [0.05, 0.1) is 12.6 Å². The zero-order valence-electron chi connectivity index (χ0n) is 11.4. The summed E-state index contributed by atoms with van der Waals surface area (Å²) in [5, 5.41) is 0. The van der Waals surface area contributed by atoms with E-state index in [9.17, 15) is 0 Å². The molecule has 3 atom stereocenters. The first-order chi connectivity index (χ1) is 9.84. The third kappa shape index (κ3) is 1.80. The highest BCUT2D eigenvalue weighted by Crippen LogP contribution is 2.44. The van der Waals surface area contributed by atoms with Crippen molar-refractivity contribution in [1.29, 1.82) is 0 Å². The molecule has 101 valence electrons. The van der Waals surface area contributed by atoms with E-state index in [2.05, 4.69) is 66.4 Å². The zero-order valence-corrected chi connectivity index (χ0v) is 11.4. The minimum absolute atomic E-state index is 0.0626. The SMILES string of the molecule is [CH2][C@@H]1Cc2ccccc2C2OC[C@H](c3ccccc3)N21. The summed E-state index contributed by atoms with van der Waals surface area (Å²) in [4.78, 5) is 2.43. The van der Waals surface area contributed by atoms with Crippen molar-refractivity contribution in [2.24, 2.45) is 0 Å². The van der Waals surface area contributed by atoms with Crippen LogP contribution >= 0.6 is 0 Å². The predicted molar refractivity (Wildman–Crippen MR) is 79.0 cm³/mol. The Labute approximate surface area is 120 Å². The molecule has 2 heterocycles. The molecule has 0 saturated carbocycles. The van der Waals surface area contributed by atoms with Crippen molar-refractivity contribution >= 4 is 0 Å². The molecule has 1 radical (unpaired) electrons. The third-order valence-corrected chi connectivity index (χ3v) is 4.43. The van der Waals surface area contributed by atoms with E-state index < -0.39 is 0 Å². The molecule has 0 aliphatic carbocycles. The van der Waals surface area contributed by atoms with Gasteiger partial charge in [0.25, 0.3) is 0 Å². The van der Waals surface area contributed by atoms with Gasteiger partial charge in [-0.3, -0.25) is 4.90 Å². The van der Waals surface area contributed by atoms with E-state index in [0.29, 0.717) is 6.04 Å². The minimum atomic E-state index is 0.0626. The number of fused-ring (bicyclic) bond motifs is 3. The zero-order chi connectivity index (χ0) is 13.5. The van der Waals surface area contributed by atoms with E-state index in [0.717, 1.165) is 13.0 Å². The van der Waals surface area contributed by atoms with Crippen LogP contribution in [0.2, 0.25) is 0 Å². The van der Waals surface area contributed by atoms with Crippen LogP contribution < -0.4 is 0 Å². The fourth-order valence-electron chi connectivity index (χ4n) is 3.48. The van der Waals surface area contributed by atoms with Crippen LogP contribution in [0.3, 0.4) is 0 Å². The van der Waals surface area contributed by atoms with E-state index in [1.807, 2.05) is 0 Å². The molecule has 0 bridgehead atoms. The van der Waals surface area contributed by atoms with Gasteiger partial charge in [0, 0.05) is 6.04 Å². The third-order valence-electron chi connectivity index (χ3n) is 4.43. The molecule has 2 aliphatic rings. The summed E-state index contributed by atoms with van der Waals surface area (Å²) in [7, 11) is 0. The minimum Gasteiger partial charge on any atom is -0.357 e. The maximum atomic E-state index is 6.11. The summed E-state index contributed by atoms with van der Waals surface area (Å²) in [5.41, 5.74) is 4.01. The fraction of sp³-hybridized carbons (Fsp3) is 0.278. The van der Waals surface area contributed by atoms with Crippen LogP contribution in [0.1, 0.15) is 29.0 Å². The Morgan fingerprint density at radius 2 is 1.75 bits per heavy atom. The largest absolute Gasteiger partial charge is 0.357 e. The first-order valence-electron chi connectivity index (χ1n) is 7.19. The average molecular weight is 264 g/mol. The molecular weight excluding hydrogens is 246 g/mol. The van der Waals surface area contributed by atoms with Gasteiger partial charge in [-0.05, 0) is 30.0 Å². The van der Waals surface area contributed by atoms with E-state index in [1.165, 1.54) is 16.7 Å². The average Bonchev–Trinajstić information content (AvgIpc) is 2.94. The van der Waals surface area contributed by atoms with E-state index >= 15 is 0 Å². The number of benzene rings is 2. The molecule has 0 N–H and O–H groups in total. The van der Waals surface area contributed by atoms with Crippen molar-refractivity contribution in [2.75, 3.05) is 6.61 Å². The van der Waals surface area contributed by atoms with Crippen LogP contribution in [0.25, 0.3) is 0 Å². The van der Waals surface area contributed by atoms with E-state index in [4.69, 9.17) is 4.74 Å². The number of rotatable bonds is 1. The number of nitrogens with zero attached hydrogens (tertiary/aromatic N) is 1. The van der Waals surface area contributed by atoms with Gasteiger partial charge in [0.1, 0.15) is 6.23 Å². The predicted octanol–water partition coefficient (Wildman–Crippen LogP) is 3.52. The Kier molecular flexibility index (Phi) is 2.86. The van der Waals surface area contributed by atoms with Crippen molar-refractivity contribution in [3.05, 3.63) is 78.2 Å². The number of hydrogen-bond donors (Lipinski definition) is 0. The summed E-state index contributed by atoms with van der Waals surface area (Å²) >= 11 is 0. The molecule has 1 saturated heterocycles. The first-order valence-corrected chi connectivity index (χ1v) is 7.19. The highest BCUT2D eigenvalue weighted by atomic mass is 16.5. The van der Waals surface area contributed by atoms with Crippen LogP contribution in [0.4, 0.5) is 0 Å². The van der Waals surface area contributed by atoms with Gasteiger partial charge in [-0.2, -0.15) is 0 Å². The smallest absolute Gasteiger partial charge is 0.137 e. The standard InChI is InChI=1S/C18H18NO/c1-13-11-15-9-5-6-10-16(15)18-19(13)17(12-20-18)14-7-3-2-4-8-14/h2-10,13,17-18H,1,11-12H2/t13-,17-,18?/m1/s1. The summed E-state index contributed by atoms with van der Waals surface area (Å²) < 4.78 is 6.11. The van der Waals surface area contributed by atoms with Crippen molar-refractivity contribution in [1.82, 2.24) is 4.90 Å². The van der Waals surface area contributed by atoms with Crippen LogP contribution in [-0.2, 0) is 11.2 Å². The van der Waals surface area contributed by atoms with Crippen molar-refractivity contribution < 1.29 is 4.74 Å². The Morgan fingerprint density at radius 1 is 1.00 bits per heavy atom. The molecule has 0 amide bonds. The van der Waals surface area contributed by atoms with Gasteiger partial charge < -0.3 is 4.74 Å². The van der Waals surface area contributed by atoms with Crippen LogP contribution in [0.15, 0.2) is 54.6 Å². The van der Waals surface area contributed by atoms with E-state index in [-0.39, 0.29) is 12.3 Å². The lowest BCUT2D eigenvalue weighted by Gasteiger charge is -2.39. The topological polar surface area (TPSA) is 12.5 Å². The van der Waals surface area contributed by atoms with Gasteiger partial charge >= 0.3 is 0 Å². The molecule has 2 aromatic carbocycles. The molecule has 2 aliphatic heterocycles. The molecule has 0 spiro atoms. The van der Waals surface area contributed by atoms with Crippen molar-refractivity contribution in [2.45, 2.75) is 24.7 Å². The number of ether oxygens (including phenoxy) is 1. The monoisotopic (exact) mass is 264 g/mol. The van der Waals surface area contributed by atoms with Gasteiger partial charge in [0.2, 0.25) is 0 Å². The number of hydrogen-bond acceptors (Lipinski definition) is 2. The second-order valence-corrected chi connectivity index (χ2v) is 5.62. The lowest BCUT2D eigenvalue weighted by molar-refractivity contribution is 0.00476. The summed E-state index contributed by atoms with van der Waals surface area (Å²) in [6.07, 6.45) is 1.06. The molecule has 2 nitrogen and oxygen atoms in total. The molecule has 2 heteroatoms. The first kappa shape index (κ1) is 12.1. The second-order valence-electron chi connectivity index (χ2n) is 5.62. The Balaban J connectivity index is 1.74. The molecule has 20 heavy (non-hydrogen) atoms. The Hall–Kier alpha value is -1.64. The second kappa shape index (κ2) is 4.72. The van der Waals surface area contributed by atoms with Crippen molar-refractivity contribution in [3.8, 4) is 0 Å². The normalized spacial score (nSPS) is 28.9. The lowest BCUT2D eigenvalue weighted by atomic mass is 9.92. The Bertz CT molecular complexity index is 610. The van der Waals surface area contributed by atoms with Crippen LogP contribution in [0, 0.1) is 6.92 Å². The van der Waals surface area contributed by atoms with Crippen molar-refractivity contribution in [3.63, 3.8) is 0 Å². The summed E-state index contributed by atoms with van der Waals surface area (Å²) in [5.74, 6) is 0. The highest BCUT2D eigenvalue weighted by Gasteiger charge is 2.42.